The Hall–Kier alpha value is -3.98. The number of hydrogen-bond donors (Lipinski definition) is 2. The van der Waals surface area contributed by atoms with Crippen molar-refractivity contribution in [2.45, 2.75) is 10.9 Å². The highest BCUT2D eigenvalue weighted by Gasteiger charge is 2.11. The van der Waals surface area contributed by atoms with E-state index in [0.717, 1.165) is 27.5 Å². The minimum Gasteiger partial charge on any atom is -0.496 e. The second kappa shape index (κ2) is 10.8. The highest BCUT2D eigenvalue weighted by Crippen LogP contribution is 2.33. The molecule has 0 radical (unpaired) electrons. The van der Waals surface area contributed by atoms with Crippen LogP contribution in [0.25, 0.3) is 11.0 Å². The molecule has 0 saturated heterocycles. The van der Waals surface area contributed by atoms with Crippen LogP contribution in [-0.4, -0.2) is 43.4 Å². The third kappa shape index (κ3) is 5.32. The van der Waals surface area contributed by atoms with Crippen LogP contribution in [0.15, 0.2) is 70.9 Å². The van der Waals surface area contributed by atoms with Crippen LogP contribution in [0.1, 0.15) is 21.5 Å². The minimum atomic E-state index is -0.313. The Morgan fingerprint density at radius 3 is 2.41 bits per heavy atom. The number of aromatic amines is 1. The predicted octanol–water partition coefficient (Wildman–Crippen LogP) is 4.64. The van der Waals surface area contributed by atoms with Gasteiger partial charge in [0.15, 0.2) is 16.7 Å². The van der Waals surface area contributed by atoms with Gasteiger partial charge in [0, 0.05) is 22.9 Å². The van der Waals surface area contributed by atoms with Crippen LogP contribution in [0.4, 0.5) is 0 Å². The lowest BCUT2D eigenvalue weighted by Gasteiger charge is -2.11. The van der Waals surface area contributed by atoms with E-state index in [0.29, 0.717) is 28.4 Å². The van der Waals surface area contributed by atoms with Gasteiger partial charge in [0.2, 0.25) is 0 Å². The van der Waals surface area contributed by atoms with Crippen LogP contribution in [0, 0.1) is 0 Å². The average molecular weight is 477 g/mol. The molecule has 4 aromatic rings. The number of thioether (sulfide) groups is 1. The molecular formula is C25H24N4O4S. The standard InChI is InChI=1S/C25H24N4O4S/c1-31-21-13-23(33-3)22(32-2)12-18(21)14-26-29-24(30)17-10-8-16(9-11-17)15-34-25-27-19-6-4-5-7-20(19)28-25/h4-14H,15H2,1-3H3,(H,27,28)(H,29,30)/b26-14+. The number of carbonyl (C=O) groups excluding carboxylic acids is 1. The first-order valence-corrected chi connectivity index (χ1v) is 11.4. The predicted molar refractivity (Wildman–Crippen MR) is 133 cm³/mol. The van der Waals surface area contributed by atoms with Gasteiger partial charge in [-0.25, -0.2) is 10.4 Å². The SMILES string of the molecule is COc1cc(OC)c(OC)cc1/C=N/NC(=O)c1ccc(CSc2nc3ccccc3[nH]2)cc1. The molecule has 0 aliphatic rings. The van der Waals surface area contributed by atoms with Gasteiger partial charge in [0.05, 0.1) is 38.6 Å². The van der Waals surface area contributed by atoms with Crippen LogP contribution in [-0.2, 0) is 5.75 Å². The number of imidazole rings is 1. The van der Waals surface area contributed by atoms with E-state index in [9.17, 15) is 4.79 Å². The first-order chi connectivity index (χ1) is 16.6. The Labute approximate surface area is 201 Å². The topological polar surface area (TPSA) is 97.8 Å². The molecule has 0 unspecified atom stereocenters. The molecule has 0 spiro atoms. The highest BCUT2D eigenvalue weighted by molar-refractivity contribution is 7.98. The molecule has 1 aromatic heterocycles. The molecule has 0 aliphatic carbocycles. The number of hydrazone groups is 1. The van der Waals surface area contributed by atoms with Gasteiger partial charge in [-0.2, -0.15) is 5.10 Å². The van der Waals surface area contributed by atoms with Crippen molar-refractivity contribution in [3.63, 3.8) is 0 Å². The summed E-state index contributed by atoms with van der Waals surface area (Å²) in [5, 5.41) is 4.92. The summed E-state index contributed by atoms with van der Waals surface area (Å²) >= 11 is 1.61. The Morgan fingerprint density at radius 1 is 1.00 bits per heavy atom. The number of aromatic nitrogens is 2. The maximum absolute atomic E-state index is 12.5. The number of rotatable bonds is 9. The maximum atomic E-state index is 12.5. The Kier molecular flexibility index (Phi) is 7.34. The quantitative estimate of drug-likeness (QED) is 0.207. The van der Waals surface area contributed by atoms with Gasteiger partial charge in [-0.1, -0.05) is 36.0 Å². The van der Waals surface area contributed by atoms with E-state index in [-0.39, 0.29) is 5.91 Å². The van der Waals surface area contributed by atoms with Gasteiger partial charge >= 0.3 is 0 Å². The molecule has 3 aromatic carbocycles. The summed E-state index contributed by atoms with van der Waals surface area (Å²) in [6.07, 6.45) is 1.50. The van der Waals surface area contributed by atoms with Crippen LogP contribution >= 0.6 is 11.8 Å². The fourth-order valence-electron chi connectivity index (χ4n) is 3.28. The zero-order valence-corrected chi connectivity index (χ0v) is 19.8. The summed E-state index contributed by atoms with van der Waals surface area (Å²) in [6.45, 7) is 0. The second-order valence-corrected chi connectivity index (χ2v) is 8.16. The van der Waals surface area contributed by atoms with Gasteiger partial charge in [-0.15, -0.1) is 0 Å². The number of para-hydroxylation sites is 2. The molecule has 8 nitrogen and oxygen atoms in total. The van der Waals surface area contributed by atoms with Crippen molar-refractivity contribution < 1.29 is 19.0 Å². The van der Waals surface area contributed by atoms with Crippen molar-refractivity contribution in [1.29, 1.82) is 0 Å². The smallest absolute Gasteiger partial charge is 0.271 e. The zero-order valence-electron chi connectivity index (χ0n) is 19.0. The van der Waals surface area contributed by atoms with Crippen molar-refractivity contribution in [3.8, 4) is 17.2 Å². The lowest BCUT2D eigenvalue weighted by molar-refractivity contribution is 0.0955. The lowest BCUT2D eigenvalue weighted by atomic mass is 10.1. The van der Waals surface area contributed by atoms with E-state index in [4.69, 9.17) is 14.2 Å². The molecule has 0 bridgehead atoms. The molecule has 0 saturated carbocycles. The first kappa shape index (κ1) is 23.2. The van der Waals surface area contributed by atoms with Gasteiger partial charge in [0.25, 0.3) is 5.91 Å². The first-order valence-electron chi connectivity index (χ1n) is 10.4. The Balaban J connectivity index is 1.36. The number of ether oxygens (including phenoxy) is 3. The van der Waals surface area contributed by atoms with Crippen molar-refractivity contribution in [2.75, 3.05) is 21.3 Å². The summed E-state index contributed by atoms with van der Waals surface area (Å²) < 4.78 is 16.0. The molecule has 9 heteroatoms. The molecule has 4 rings (SSSR count). The number of H-pyrrole nitrogens is 1. The Bertz CT molecular complexity index is 1290. The third-order valence-corrected chi connectivity index (χ3v) is 6.01. The molecule has 1 amide bonds. The number of amides is 1. The number of nitrogens with zero attached hydrogens (tertiary/aromatic N) is 2. The maximum Gasteiger partial charge on any atom is 0.271 e. The molecule has 1 heterocycles. The molecule has 34 heavy (non-hydrogen) atoms. The monoisotopic (exact) mass is 476 g/mol. The summed E-state index contributed by atoms with van der Waals surface area (Å²) in [5.41, 5.74) is 6.73. The Morgan fingerprint density at radius 2 is 1.71 bits per heavy atom. The molecule has 0 fully saturated rings. The summed E-state index contributed by atoms with van der Waals surface area (Å²) in [5.74, 6) is 2.04. The van der Waals surface area contributed by atoms with E-state index >= 15 is 0 Å². The molecular weight excluding hydrogens is 452 g/mol. The number of methoxy groups -OCH3 is 3. The van der Waals surface area contributed by atoms with Crippen molar-refractivity contribution in [3.05, 3.63) is 77.4 Å². The van der Waals surface area contributed by atoms with Gasteiger partial charge in [-0.05, 0) is 35.9 Å². The van der Waals surface area contributed by atoms with Gasteiger partial charge < -0.3 is 19.2 Å². The molecule has 174 valence electrons. The van der Waals surface area contributed by atoms with Crippen molar-refractivity contribution >= 4 is 34.9 Å². The van der Waals surface area contributed by atoms with Crippen molar-refractivity contribution in [2.24, 2.45) is 5.10 Å². The lowest BCUT2D eigenvalue weighted by Crippen LogP contribution is -2.17. The largest absolute Gasteiger partial charge is 0.496 e. The normalized spacial score (nSPS) is 11.0. The van der Waals surface area contributed by atoms with Crippen LogP contribution in [0.3, 0.4) is 0 Å². The second-order valence-electron chi connectivity index (χ2n) is 7.19. The van der Waals surface area contributed by atoms with E-state index in [1.54, 1.807) is 57.4 Å². The fourth-order valence-corrected chi connectivity index (χ4v) is 4.12. The van der Waals surface area contributed by atoms with Crippen LogP contribution in [0.2, 0.25) is 0 Å². The van der Waals surface area contributed by atoms with E-state index in [2.05, 4.69) is 20.5 Å². The van der Waals surface area contributed by atoms with E-state index in [1.165, 1.54) is 6.21 Å². The van der Waals surface area contributed by atoms with E-state index < -0.39 is 0 Å². The van der Waals surface area contributed by atoms with Gasteiger partial charge in [-0.3, -0.25) is 4.79 Å². The van der Waals surface area contributed by atoms with E-state index in [1.807, 2.05) is 36.4 Å². The molecule has 0 atom stereocenters. The number of nitrogens with one attached hydrogen (secondary N) is 2. The fraction of sp³-hybridized carbons (Fsp3) is 0.160. The number of hydrogen-bond acceptors (Lipinski definition) is 7. The minimum absolute atomic E-state index is 0.313. The third-order valence-electron chi connectivity index (χ3n) is 5.06. The van der Waals surface area contributed by atoms with Crippen LogP contribution in [0.5, 0.6) is 17.2 Å². The summed E-state index contributed by atoms with van der Waals surface area (Å²) in [6, 6.07) is 18.7. The summed E-state index contributed by atoms with van der Waals surface area (Å²) in [4.78, 5) is 20.4. The van der Waals surface area contributed by atoms with Gasteiger partial charge in [0.1, 0.15) is 5.75 Å². The molecule has 0 aliphatic heterocycles. The molecule has 2 N–H and O–H groups in total. The number of carbonyl (C=O) groups is 1. The number of benzene rings is 3. The van der Waals surface area contributed by atoms with Crippen molar-refractivity contribution in [1.82, 2.24) is 15.4 Å². The highest BCUT2D eigenvalue weighted by atomic mass is 32.2. The summed E-state index contributed by atoms with van der Waals surface area (Å²) in [7, 11) is 4.64. The zero-order chi connectivity index (χ0) is 23.9. The average Bonchev–Trinajstić information content (AvgIpc) is 3.30. The van der Waals surface area contributed by atoms with Crippen LogP contribution < -0.4 is 19.6 Å². The number of fused-ring (bicyclic) bond motifs is 1.